The summed E-state index contributed by atoms with van der Waals surface area (Å²) < 4.78 is 5.10. The Morgan fingerprint density at radius 3 is 2.62 bits per heavy atom. The van der Waals surface area contributed by atoms with Crippen molar-refractivity contribution < 1.29 is 4.74 Å². The molecule has 72 valence electrons. The fourth-order valence-electron chi connectivity index (χ4n) is 1.01. The van der Waals surface area contributed by atoms with Crippen molar-refractivity contribution in [3.8, 4) is 5.75 Å². The third-order valence-electron chi connectivity index (χ3n) is 2.12. The molecule has 0 amide bonds. The lowest BCUT2D eigenvalue weighted by molar-refractivity contribution is 0.413. The van der Waals surface area contributed by atoms with Gasteiger partial charge < -0.3 is 9.64 Å². The van der Waals surface area contributed by atoms with E-state index in [9.17, 15) is 0 Å². The number of rotatable bonds is 3. The topological polar surface area (TPSA) is 25.4 Å². The van der Waals surface area contributed by atoms with Crippen molar-refractivity contribution in [1.29, 1.82) is 0 Å². The number of aromatic nitrogens is 1. The van der Waals surface area contributed by atoms with Gasteiger partial charge in [-0.3, -0.25) is 4.98 Å². The Morgan fingerprint density at radius 2 is 2.08 bits per heavy atom. The molecule has 0 saturated carbocycles. The summed E-state index contributed by atoms with van der Waals surface area (Å²) in [4.78, 5) is 6.24. The maximum Gasteiger partial charge on any atom is 0.139 e. The van der Waals surface area contributed by atoms with Gasteiger partial charge in [0.15, 0.2) is 0 Å². The third-order valence-corrected chi connectivity index (χ3v) is 2.12. The summed E-state index contributed by atoms with van der Waals surface area (Å²) in [6.45, 7) is 4.28. The van der Waals surface area contributed by atoms with Crippen LogP contribution in [-0.4, -0.2) is 25.2 Å². The molecular formula is C10H16N2O. The van der Waals surface area contributed by atoms with Gasteiger partial charge in [-0.1, -0.05) is 0 Å². The molecule has 0 radical (unpaired) electrons. The summed E-state index contributed by atoms with van der Waals surface area (Å²) in [6.07, 6.45) is 3.54. The first-order valence-electron chi connectivity index (χ1n) is 4.37. The standard InChI is InChI=1S/C10H16N2O/c1-8(2)12(3)9-5-10(13-4)7-11-6-9/h5-8H,1-4H3. The van der Waals surface area contributed by atoms with E-state index in [1.807, 2.05) is 19.3 Å². The first kappa shape index (κ1) is 9.84. The molecule has 0 fully saturated rings. The van der Waals surface area contributed by atoms with Crippen LogP contribution in [0.4, 0.5) is 5.69 Å². The van der Waals surface area contributed by atoms with Gasteiger partial charge in [-0.25, -0.2) is 0 Å². The third kappa shape index (κ3) is 2.34. The lowest BCUT2D eigenvalue weighted by atomic mass is 10.3. The van der Waals surface area contributed by atoms with E-state index in [0.29, 0.717) is 6.04 Å². The van der Waals surface area contributed by atoms with E-state index in [4.69, 9.17) is 4.74 Å². The largest absolute Gasteiger partial charge is 0.495 e. The molecule has 0 bridgehead atoms. The normalized spacial score (nSPS) is 10.2. The average Bonchev–Trinajstić information content (AvgIpc) is 2.16. The summed E-state index contributed by atoms with van der Waals surface area (Å²) in [5, 5.41) is 0. The molecule has 0 saturated heterocycles. The van der Waals surface area contributed by atoms with E-state index < -0.39 is 0 Å². The minimum absolute atomic E-state index is 0.467. The summed E-state index contributed by atoms with van der Waals surface area (Å²) >= 11 is 0. The van der Waals surface area contributed by atoms with Crippen molar-refractivity contribution in [2.75, 3.05) is 19.1 Å². The van der Waals surface area contributed by atoms with Crippen molar-refractivity contribution in [2.45, 2.75) is 19.9 Å². The average molecular weight is 180 g/mol. The van der Waals surface area contributed by atoms with Crippen molar-refractivity contribution in [1.82, 2.24) is 4.98 Å². The Hall–Kier alpha value is -1.25. The fraction of sp³-hybridized carbons (Fsp3) is 0.500. The molecule has 0 unspecified atom stereocenters. The van der Waals surface area contributed by atoms with Crippen molar-refractivity contribution >= 4 is 5.69 Å². The number of nitrogens with zero attached hydrogens (tertiary/aromatic N) is 2. The molecule has 0 aliphatic carbocycles. The zero-order chi connectivity index (χ0) is 9.84. The molecule has 0 atom stereocenters. The molecule has 1 aromatic rings. The molecule has 3 nitrogen and oxygen atoms in total. The SMILES string of the molecule is COc1cncc(N(C)C(C)C)c1. The number of ether oxygens (including phenoxy) is 1. The van der Waals surface area contributed by atoms with Crippen LogP contribution in [0.5, 0.6) is 5.75 Å². The Kier molecular flexibility index (Phi) is 3.12. The maximum absolute atomic E-state index is 5.10. The second-order valence-corrected chi connectivity index (χ2v) is 3.29. The van der Waals surface area contributed by atoms with Gasteiger partial charge in [0.25, 0.3) is 0 Å². The van der Waals surface area contributed by atoms with Gasteiger partial charge in [0.2, 0.25) is 0 Å². The number of methoxy groups -OCH3 is 1. The molecule has 1 rings (SSSR count). The van der Waals surface area contributed by atoms with Crippen LogP contribution in [0, 0.1) is 0 Å². The summed E-state index contributed by atoms with van der Waals surface area (Å²) in [7, 11) is 3.69. The van der Waals surface area contributed by atoms with Gasteiger partial charge in [-0.2, -0.15) is 0 Å². The Balaban J connectivity index is 2.88. The van der Waals surface area contributed by atoms with Gasteiger partial charge in [-0.15, -0.1) is 0 Å². The Morgan fingerprint density at radius 1 is 1.38 bits per heavy atom. The van der Waals surface area contributed by atoms with Gasteiger partial charge in [-0.05, 0) is 13.8 Å². The van der Waals surface area contributed by atoms with Gasteiger partial charge in [0, 0.05) is 19.2 Å². The lowest BCUT2D eigenvalue weighted by Crippen LogP contribution is -2.25. The van der Waals surface area contributed by atoms with Gasteiger partial charge in [0.1, 0.15) is 5.75 Å². The van der Waals surface area contributed by atoms with E-state index in [-0.39, 0.29) is 0 Å². The van der Waals surface area contributed by atoms with E-state index in [0.717, 1.165) is 11.4 Å². The molecule has 0 spiro atoms. The lowest BCUT2D eigenvalue weighted by Gasteiger charge is -2.23. The summed E-state index contributed by atoms with van der Waals surface area (Å²) in [5.74, 6) is 0.796. The zero-order valence-corrected chi connectivity index (χ0v) is 8.61. The Labute approximate surface area is 79.3 Å². The molecule has 1 aromatic heterocycles. The molecule has 1 heterocycles. The van der Waals surface area contributed by atoms with Gasteiger partial charge >= 0.3 is 0 Å². The highest BCUT2D eigenvalue weighted by Crippen LogP contribution is 2.19. The smallest absolute Gasteiger partial charge is 0.139 e. The highest BCUT2D eigenvalue weighted by atomic mass is 16.5. The monoisotopic (exact) mass is 180 g/mol. The highest BCUT2D eigenvalue weighted by Gasteiger charge is 2.05. The Bertz CT molecular complexity index is 273. The molecule has 0 N–H and O–H groups in total. The van der Waals surface area contributed by atoms with Gasteiger partial charge in [0.05, 0.1) is 25.2 Å². The first-order chi connectivity index (χ1) is 6.15. The second kappa shape index (κ2) is 4.12. The van der Waals surface area contributed by atoms with E-state index in [2.05, 4.69) is 23.7 Å². The summed E-state index contributed by atoms with van der Waals surface area (Å²) in [6, 6.07) is 2.45. The van der Waals surface area contributed by atoms with E-state index in [1.54, 1.807) is 13.3 Å². The predicted molar refractivity (Wildman–Crippen MR) is 54.3 cm³/mol. The summed E-state index contributed by atoms with van der Waals surface area (Å²) in [5.41, 5.74) is 1.08. The molecule has 0 aliphatic heterocycles. The van der Waals surface area contributed by atoms with Crippen LogP contribution >= 0.6 is 0 Å². The molecule has 3 heteroatoms. The van der Waals surface area contributed by atoms with Crippen LogP contribution in [0.1, 0.15) is 13.8 Å². The van der Waals surface area contributed by atoms with Crippen LogP contribution in [-0.2, 0) is 0 Å². The number of anilines is 1. The number of hydrogen-bond acceptors (Lipinski definition) is 3. The van der Waals surface area contributed by atoms with Crippen LogP contribution in [0.25, 0.3) is 0 Å². The fourth-order valence-corrected chi connectivity index (χ4v) is 1.01. The van der Waals surface area contributed by atoms with Crippen molar-refractivity contribution in [2.24, 2.45) is 0 Å². The van der Waals surface area contributed by atoms with Crippen LogP contribution in [0.2, 0.25) is 0 Å². The quantitative estimate of drug-likeness (QED) is 0.710. The molecule has 0 aliphatic rings. The molecular weight excluding hydrogens is 164 g/mol. The number of pyridine rings is 1. The molecule has 0 aromatic carbocycles. The highest BCUT2D eigenvalue weighted by molar-refractivity contribution is 5.47. The predicted octanol–water partition coefficient (Wildman–Crippen LogP) is 1.93. The van der Waals surface area contributed by atoms with Crippen LogP contribution in [0.3, 0.4) is 0 Å². The first-order valence-corrected chi connectivity index (χ1v) is 4.37. The zero-order valence-electron chi connectivity index (χ0n) is 8.61. The van der Waals surface area contributed by atoms with Crippen molar-refractivity contribution in [3.05, 3.63) is 18.5 Å². The minimum atomic E-state index is 0.467. The molecule has 13 heavy (non-hydrogen) atoms. The van der Waals surface area contributed by atoms with E-state index in [1.165, 1.54) is 0 Å². The van der Waals surface area contributed by atoms with Crippen molar-refractivity contribution in [3.63, 3.8) is 0 Å². The van der Waals surface area contributed by atoms with Crippen LogP contribution in [0.15, 0.2) is 18.5 Å². The second-order valence-electron chi connectivity index (χ2n) is 3.29. The maximum atomic E-state index is 5.10. The number of hydrogen-bond donors (Lipinski definition) is 0. The minimum Gasteiger partial charge on any atom is -0.495 e. The van der Waals surface area contributed by atoms with E-state index >= 15 is 0 Å². The van der Waals surface area contributed by atoms with Crippen LogP contribution < -0.4 is 9.64 Å².